The fourth-order valence-electron chi connectivity index (χ4n) is 3.02. The Labute approximate surface area is 181 Å². The number of nitrogens with one attached hydrogen (secondary N) is 2. The van der Waals surface area contributed by atoms with Crippen molar-refractivity contribution in [2.24, 2.45) is 4.99 Å². The van der Waals surface area contributed by atoms with E-state index in [1.807, 2.05) is 0 Å². The van der Waals surface area contributed by atoms with Gasteiger partial charge in [-0.2, -0.15) is 0 Å². The minimum Gasteiger partial charge on any atom is -0.381 e. The van der Waals surface area contributed by atoms with Gasteiger partial charge >= 0.3 is 0 Å². The fourth-order valence-corrected chi connectivity index (χ4v) is 3.02. The van der Waals surface area contributed by atoms with Crippen LogP contribution in [0.25, 0.3) is 0 Å². The SMILES string of the molecule is CCNC(=NCC(C)c1cccc(C)c1)NCCCOC1CCOCC1.I. The second kappa shape index (κ2) is 14.2. The number of hydrogen-bond donors (Lipinski definition) is 2. The van der Waals surface area contributed by atoms with Crippen LogP contribution in [0, 0.1) is 6.92 Å². The number of halogens is 1. The largest absolute Gasteiger partial charge is 0.381 e. The summed E-state index contributed by atoms with van der Waals surface area (Å²) >= 11 is 0. The second-order valence-corrected chi connectivity index (χ2v) is 7.00. The number of guanidine groups is 1. The Hall–Kier alpha value is -0.860. The van der Waals surface area contributed by atoms with Gasteiger partial charge in [0.2, 0.25) is 0 Å². The van der Waals surface area contributed by atoms with Crippen LogP contribution < -0.4 is 10.6 Å². The van der Waals surface area contributed by atoms with E-state index in [-0.39, 0.29) is 24.0 Å². The molecule has 2 N–H and O–H groups in total. The van der Waals surface area contributed by atoms with E-state index in [2.05, 4.69) is 55.7 Å². The van der Waals surface area contributed by atoms with Crippen molar-refractivity contribution in [2.45, 2.75) is 52.1 Å². The molecular formula is C21H36IN3O2. The summed E-state index contributed by atoms with van der Waals surface area (Å²) in [5.41, 5.74) is 2.64. The first-order chi connectivity index (χ1) is 12.7. The van der Waals surface area contributed by atoms with E-state index in [1.54, 1.807) is 0 Å². The van der Waals surface area contributed by atoms with Crippen molar-refractivity contribution >= 4 is 29.9 Å². The van der Waals surface area contributed by atoms with E-state index in [0.29, 0.717) is 12.0 Å². The summed E-state index contributed by atoms with van der Waals surface area (Å²) in [4.78, 5) is 4.74. The van der Waals surface area contributed by atoms with Gasteiger partial charge in [0, 0.05) is 45.4 Å². The average Bonchev–Trinajstić information content (AvgIpc) is 2.66. The smallest absolute Gasteiger partial charge is 0.191 e. The highest BCUT2D eigenvalue weighted by Gasteiger charge is 2.13. The van der Waals surface area contributed by atoms with Gasteiger partial charge in [0.15, 0.2) is 5.96 Å². The Morgan fingerprint density at radius 3 is 2.78 bits per heavy atom. The van der Waals surface area contributed by atoms with Gasteiger partial charge in [0.05, 0.1) is 6.10 Å². The van der Waals surface area contributed by atoms with Crippen LogP contribution in [-0.4, -0.2) is 51.5 Å². The molecule has 154 valence electrons. The van der Waals surface area contributed by atoms with Gasteiger partial charge < -0.3 is 20.1 Å². The zero-order valence-electron chi connectivity index (χ0n) is 17.0. The van der Waals surface area contributed by atoms with Gasteiger partial charge in [-0.05, 0) is 38.7 Å². The maximum absolute atomic E-state index is 5.91. The molecule has 0 aromatic heterocycles. The van der Waals surface area contributed by atoms with Crippen molar-refractivity contribution in [1.29, 1.82) is 0 Å². The van der Waals surface area contributed by atoms with E-state index < -0.39 is 0 Å². The number of aryl methyl sites for hydroxylation is 1. The average molecular weight is 489 g/mol. The Morgan fingerprint density at radius 2 is 2.07 bits per heavy atom. The molecule has 1 aliphatic heterocycles. The zero-order valence-corrected chi connectivity index (χ0v) is 19.3. The molecule has 0 aliphatic carbocycles. The van der Waals surface area contributed by atoms with E-state index in [4.69, 9.17) is 14.5 Å². The number of nitrogens with zero attached hydrogens (tertiary/aromatic N) is 1. The maximum atomic E-state index is 5.91. The van der Waals surface area contributed by atoms with Crippen LogP contribution in [0.3, 0.4) is 0 Å². The van der Waals surface area contributed by atoms with Crippen molar-refractivity contribution in [1.82, 2.24) is 10.6 Å². The third-order valence-electron chi connectivity index (χ3n) is 4.61. The molecule has 0 spiro atoms. The Kier molecular flexibility index (Phi) is 12.7. The molecule has 1 atom stereocenters. The molecule has 0 radical (unpaired) electrons. The van der Waals surface area contributed by atoms with Gasteiger partial charge in [0.1, 0.15) is 0 Å². The third kappa shape index (κ3) is 9.76. The topological polar surface area (TPSA) is 54.9 Å². The molecule has 0 amide bonds. The van der Waals surface area contributed by atoms with Crippen LogP contribution in [0.5, 0.6) is 0 Å². The normalized spacial score (nSPS) is 16.5. The van der Waals surface area contributed by atoms with E-state index in [1.165, 1.54) is 11.1 Å². The maximum Gasteiger partial charge on any atom is 0.191 e. The summed E-state index contributed by atoms with van der Waals surface area (Å²) in [6, 6.07) is 8.68. The molecule has 1 aromatic carbocycles. The van der Waals surface area contributed by atoms with E-state index >= 15 is 0 Å². The molecule has 0 bridgehead atoms. The van der Waals surface area contributed by atoms with Crippen LogP contribution in [0.1, 0.15) is 50.2 Å². The molecule has 1 heterocycles. The van der Waals surface area contributed by atoms with E-state index in [9.17, 15) is 0 Å². The van der Waals surface area contributed by atoms with Crippen LogP contribution >= 0.6 is 24.0 Å². The molecule has 1 unspecified atom stereocenters. The minimum absolute atomic E-state index is 0. The first-order valence-electron chi connectivity index (χ1n) is 9.97. The lowest BCUT2D eigenvalue weighted by molar-refractivity contribution is -0.0320. The quantitative estimate of drug-likeness (QED) is 0.240. The van der Waals surface area contributed by atoms with Gasteiger partial charge in [-0.15, -0.1) is 24.0 Å². The van der Waals surface area contributed by atoms with Crippen LogP contribution in [0.4, 0.5) is 0 Å². The van der Waals surface area contributed by atoms with Crippen molar-refractivity contribution in [3.63, 3.8) is 0 Å². The molecule has 6 heteroatoms. The lowest BCUT2D eigenvalue weighted by atomic mass is 10.00. The molecule has 1 saturated heterocycles. The van der Waals surface area contributed by atoms with Crippen molar-refractivity contribution in [3.05, 3.63) is 35.4 Å². The molecule has 5 nitrogen and oxygen atoms in total. The third-order valence-corrected chi connectivity index (χ3v) is 4.61. The van der Waals surface area contributed by atoms with Gasteiger partial charge in [-0.25, -0.2) is 0 Å². The Balaban J connectivity index is 0.00000364. The minimum atomic E-state index is 0. The van der Waals surface area contributed by atoms with Gasteiger partial charge in [0.25, 0.3) is 0 Å². The molecule has 2 rings (SSSR count). The predicted molar refractivity (Wildman–Crippen MR) is 123 cm³/mol. The Bertz CT molecular complexity index is 548. The molecule has 0 saturated carbocycles. The molecule has 1 aliphatic rings. The number of hydrogen-bond acceptors (Lipinski definition) is 3. The summed E-state index contributed by atoms with van der Waals surface area (Å²) in [6.45, 7) is 11.4. The molecule has 27 heavy (non-hydrogen) atoms. The first-order valence-corrected chi connectivity index (χ1v) is 9.97. The highest BCUT2D eigenvalue weighted by Crippen LogP contribution is 2.16. The number of ether oxygens (including phenoxy) is 2. The molecule has 1 aromatic rings. The Morgan fingerprint density at radius 1 is 1.30 bits per heavy atom. The van der Waals surface area contributed by atoms with Crippen molar-refractivity contribution in [2.75, 3.05) is 39.5 Å². The predicted octanol–water partition coefficient (Wildman–Crippen LogP) is 3.86. The highest BCUT2D eigenvalue weighted by molar-refractivity contribution is 14.0. The summed E-state index contributed by atoms with van der Waals surface area (Å²) in [6.07, 6.45) is 3.40. The zero-order chi connectivity index (χ0) is 18.6. The highest BCUT2D eigenvalue weighted by atomic mass is 127. The monoisotopic (exact) mass is 489 g/mol. The molecular weight excluding hydrogens is 453 g/mol. The summed E-state index contributed by atoms with van der Waals surface area (Å²) in [5.74, 6) is 1.29. The second-order valence-electron chi connectivity index (χ2n) is 7.00. The van der Waals surface area contributed by atoms with Crippen molar-refractivity contribution in [3.8, 4) is 0 Å². The molecule has 1 fully saturated rings. The summed E-state index contributed by atoms with van der Waals surface area (Å²) in [5, 5.41) is 6.73. The van der Waals surface area contributed by atoms with Crippen LogP contribution in [0.15, 0.2) is 29.3 Å². The summed E-state index contributed by atoms with van der Waals surface area (Å²) in [7, 11) is 0. The number of benzene rings is 1. The lowest BCUT2D eigenvalue weighted by Crippen LogP contribution is -2.38. The van der Waals surface area contributed by atoms with E-state index in [0.717, 1.165) is 64.7 Å². The fraction of sp³-hybridized carbons (Fsp3) is 0.667. The lowest BCUT2D eigenvalue weighted by Gasteiger charge is -2.22. The number of aliphatic imine (C=N–C) groups is 1. The standard InChI is InChI=1S/C21H35N3O2.HI/c1-4-22-21(23-11-6-12-26-20-9-13-25-14-10-20)24-16-18(3)19-8-5-7-17(2)15-19;/h5,7-8,15,18,20H,4,6,9-14,16H2,1-3H3,(H2,22,23,24);1H. The first kappa shape index (κ1) is 24.2. The van der Waals surface area contributed by atoms with Crippen LogP contribution in [-0.2, 0) is 9.47 Å². The van der Waals surface area contributed by atoms with Crippen LogP contribution in [0.2, 0.25) is 0 Å². The summed E-state index contributed by atoms with van der Waals surface area (Å²) < 4.78 is 11.3. The van der Waals surface area contributed by atoms with Gasteiger partial charge in [-0.3, -0.25) is 4.99 Å². The van der Waals surface area contributed by atoms with Gasteiger partial charge in [-0.1, -0.05) is 36.8 Å². The van der Waals surface area contributed by atoms with Crippen molar-refractivity contribution < 1.29 is 9.47 Å². The number of rotatable bonds is 9.